The van der Waals surface area contributed by atoms with Crippen molar-refractivity contribution in [3.8, 4) is 0 Å². The van der Waals surface area contributed by atoms with Crippen molar-refractivity contribution in [2.24, 2.45) is 11.7 Å². The molecule has 14 heavy (non-hydrogen) atoms. The first-order chi connectivity index (χ1) is 6.84. The maximum atomic E-state index is 5.47. The average molecular weight is 202 g/mol. The first kappa shape index (κ1) is 11.9. The van der Waals surface area contributed by atoms with Gasteiger partial charge in [-0.2, -0.15) is 0 Å². The van der Waals surface area contributed by atoms with Gasteiger partial charge in [0.2, 0.25) is 0 Å². The standard InChI is InChI=1S/C10H22N2O2/c1-9-10(2-5-14-9)8-12-4-7-13-6-3-11/h9-10,12H,2-8,11H2,1H3. The fourth-order valence-corrected chi connectivity index (χ4v) is 1.66. The van der Waals surface area contributed by atoms with Gasteiger partial charge in [-0.15, -0.1) is 0 Å². The van der Waals surface area contributed by atoms with Gasteiger partial charge in [0.25, 0.3) is 0 Å². The van der Waals surface area contributed by atoms with Gasteiger partial charge in [-0.3, -0.25) is 0 Å². The Morgan fingerprint density at radius 2 is 2.36 bits per heavy atom. The molecule has 1 saturated heterocycles. The minimum Gasteiger partial charge on any atom is -0.379 e. The SMILES string of the molecule is CC1OCCC1CNCCOCCN. The number of nitrogens with one attached hydrogen (secondary N) is 1. The van der Waals surface area contributed by atoms with Crippen molar-refractivity contribution in [3.05, 3.63) is 0 Å². The molecule has 2 atom stereocenters. The molecule has 0 radical (unpaired) electrons. The van der Waals surface area contributed by atoms with Crippen molar-refractivity contribution < 1.29 is 9.47 Å². The third-order valence-electron chi connectivity index (χ3n) is 2.63. The Balaban J connectivity index is 1.88. The predicted octanol–water partition coefficient (Wildman–Crippen LogP) is -0.0237. The van der Waals surface area contributed by atoms with Crippen LogP contribution in [-0.2, 0) is 9.47 Å². The van der Waals surface area contributed by atoms with E-state index in [2.05, 4.69) is 12.2 Å². The van der Waals surface area contributed by atoms with Gasteiger partial charge in [-0.1, -0.05) is 0 Å². The van der Waals surface area contributed by atoms with Crippen LogP contribution in [0.5, 0.6) is 0 Å². The highest BCUT2D eigenvalue weighted by Gasteiger charge is 2.23. The summed E-state index contributed by atoms with van der Waals surface area (Å²) in [7, 11) is 0. The lowest BCUT2D eigenvalue weighted by Crippen LogP contribution is -2.29. The molecular formula is C10H22N2O2. The van der Waals surface area contributed by atoms with Crippen LogP contribution in [0.2, 0.25) is 0 Å². The molecule has 1 heterocycles. The molecule has 1 rings (SSSR count). The van der Waals surface area contributed by atoms with Gasteiger partial charge in [0.15, 0.2) is 0 Å². The van der Waals surface area contributed by atoms with Crippen LogP contribution in [0.4, 0.5) is 0 Å². The topological polar surface area (TPSA) is 56.5 Å². The molecule has 84 valence electrons. The van der Waals surface area contributed by atoms with Crippen molar-refractivity contribution in [2.75, 3.05) is 39.5 Å². The van der Waals surface area contributed by atoms with Gasteiger partial charge in [-0.25, -0.2) is 0 Å². The summed E-state index contributed by atoms with van der Waals surface area (Å²) in [5.74, 6) is 0.671. The molecule has 3 N–H and O–H groups in total. The molecule has 0 aliphatic carbocycles. The number of hydrogen-bond acceptors (Lipinski definition) is 4. The van der Waals surface area contributed by atoms with Crippen LogP contribution in [0.1, 0.15) is 13.3 Å². The summed E-state index contributed by atoms with van der Waals surface area (Å²) in [6.07, 6.45) is 1.59. The van der Waals surface area contributed by atoms with Gasteiger partial charge in [0.05, 0.1) is 19.3 Å². The Kier molecular flexibility index (Phi) is 6.10. The Hall–Kier alpha value is -0.160. The first-order valence-electron chi connectivity index (χ1n) is 5.44. The lowest BCUT2D eigenvalue weighted by Gasteiger charge is -2.14. The normalized spacial score (nSPS) is 27.0. The number of ether oxygens (including phenoxy) is 2. The van der Waals surface area contributed by atoms with E-state index in [1.54, 1.807) is 0 Å². The zero-order valence-corrected chi connectivity index (χ0v) is 9.00. The van der Waals surface area contributed by atoms with Crippen molar-refractivity contribution in [1.29, 1.82) is 0 Å². The van der Waals surface area contributed by atoms with Crippen molar-refractivity contribution in [3.63, 3.8) is 0 Å². The Bertz CT molecular complexity index is 144. The smallest absolute Gasteiger partial charge is 0.0591 e. The molecule has 0 aromatic rings. The molecule has 0 aromatic carbocycles. The van der Waals surface area contributed by atoms with E-state index in [9.17, 15) is 0 Å². The lowest BCUT2D eigenvalue weighted by atomic mass is 10.0. The van der Waals surface area contributed by atoms with E-state index in [0.29, 0.717) is 25.2 Å². The van der Waals surface area contributed by atoms with E-state index in [0.717, 1.165) is 26.3 Å². The molecule has 0 saturated carbocycles. The molecule has 1 aliphatic rings. The minimum atomic E-state index is 0.410. The molecule has 0 amide bonds. The third kappa shape index (κ3) is 4.37. The highest BCUT2D eigenvalue weighted by Crippen LogP contribution is 2.18. The maximum absolute atomic E-state index is 5.47. The average Bonchev–Trinajstić information content (AvgIpc) is 2.58. The summed E-state index contributed by atoms with van der Waals surface area (Å²) in [4.78, 5) is 0. The largest absolute Gasteiger partial charge is 0.379 e. The van der Waals surface area contributed by atoms with Gasteiger partial charge in [0.1, 0.15) is 0 Å². The van der Waals surface area contributed by atoms with Crippen LogP contribution in [0, 0.1) is 5.92 Å². The van der Waals surface area contributed by atoms with E-state index < -0.39 is 0 Å². The lowest BCUT2D eigenvalue weighted by molar-refractivity contribution is 0.103. The quantitative estimate of drug-likeness (QED) is 0.570. The first-order valence-corrected chi connectivity index (χ1v) is 5.44. The minimum absolute atomic E-state index is 0.410. The second kappa shape index (κ2) is 7.17. The van der Waals surface area contributed by atoms with E-state index in [1.807, 2.05) is 0 Å². The summed E-state index contributed by atoms with van der Waals surface area (Å²) in [5, 5.41) is 3.37. The van der Waals surface area contributed by atoms with Crippen LogP contribution in [-0.4, -0.2) is 45.6 Å². The van der Waals surface area contributed by atoms with E-state index in [-0.39, 0.29) is 0 Å². The molecule has 4 heteroatoms. The predicted molar refractivity (Wildman–Crippen MR) is 56.3 cm³/mol. The molecule has 0 aromatic heterocycles. The zero-order valence-electron chi connectivity index (χ0n) is 9.00. The van der Waals surface area contributed by atoms with Crippen LogP contribution in [0.25, 0.3) is 0 Å². The summed E-state index contributed by atoms with van der Waals surface area (Å²) in [5.41, 5.74) is 5.30. The van der Waals surface area contributed by atoms with Crippen molar-refractivity contribution in [2.45, 2.75) is 19.4 Å². The van der Waals surface area contributed by atoms with E-state index >= 15 is 0 Å². The van der Waals surface area contributed by atoms with Gasteiger partial charge < -0.3 is 20.5 Å². The number of nitrogens with two attached hydrogens (primary N) is 1. The van der Waals surface area contributed by atoms with Gasteiger partial charge in [0, 0.05) is 26.2 Å². The fraction of sp³-hybridized carbons (Fsp3) is 1.00. The third-order valence-corrected chi connectivity index (χ3v) is 2.63. The summed E-state index contributed by atoms with van der Waals surface area (Å²) < 4.78 is 10.7. The highest BCUT2D eigenvalue weighted by atomic mass is 16.5. The van der Waals surface area contributed by atoms with Gasteiger partial charge in [-0.05, 0) is 19.3 Å². The van der Waals surface area contributed by atoms with Crippen molar-refractivity contribution >= 4 is 0 Å². The zero-order chi connectivity index (χ0) is 10.2. The van der Waals surface area contributed by atoms with E-state index in [4.69, 9.17) is 15.2 Å². The van der Waals surface area contributed by atoms with Crippen molar-refractivity contribution in [1.82, 2.24) is 5.32 Å². The fourth-order valence-electron chi connectivity index (χ4n) is 1.66. The van der Waals surface area contributed by atoms with Crippen LogP contribution in [0.3, 0.4) is 0 Å². The Morgan fingerprint density at radius 1 is 1.50 bits per heavy atom. The van der Waals surface area contributed by atoms with Crippen LogP contribution >= 0.6 is 0 Å². The van der Waals surface area contributed by atoms with Crippen LogP contribution < -0.4 is 11.1 Å². The number of rotatable bonds is 7. The molecular weight excluding hydrogens is 180 g/mol. The molecule has 0 spiro atoms. The molecule has 4 nitrogen and oxygen atoms in total. The Morgan fingerprint density at radius 3 is 3.00 bits per heavy atom. The van der Waals surface area contributed by atoms with Crippen LogP contribution in [0.15, 0.2) is 0 Å². The summed E-state index contributed by atoms with van der Waals surface area (Å²) >= 11 is 0. The number of hydrogen-bond donors (Lipinski definition) is 2. The summed E-state index contributed by atoms with van der Waals surface area (Å²) in [6.45, 7) is 7.01. The molecule has 2 unspecified atom stereocenters. The monoisotopic (exact) mass is 202 g/mol. The second-order valence-corrected chi connectivity index (χ2v) is 3.73. The molecule has 1 aliphatic heterocycles. The maximum Gasteiger partial charge on any atom is 0.0591 e. The molecule has 1 fully saturated rings. The second-order valence-electron chi connectivity index (χ2n) is 3.73. The summed E-state index contributed by atoms with van der Waals surface area (Å²) in [6, 6.07) is 0. The Labute approximate surface area is 86.1 Å². The highest BCUT2D eigenvalue weighted by molar-refractivity contribution is 4.74. The van der Waals surface area contributed by atoms with E-state index in [1.165, 1.54) is 6.42 Å². The van der Waals surface area contributed by atoms with Gasteiger partial charge >= 0.3 is 0 Å². The molecule has 0 bridgehead atoms.